The first-order valence-corrected chi connectivity index (χ1v) is 7.90. The van der Waals surface area contributed by atoms with Gasteiger partial charge in [-0.15, -0.1) is 0 Å². The van der Waals surface area contributed by atoms with Gasteiger partial charge in [-0.3, -0.25) is 9.89 Å². The molecule has 118 valence electrons. The van der Waals surface area contributed by atoms with Gasteiger partial charge in [0, 0.05) is 24.7 Å². The van der Waals surface area contributed by atoms with Gasteiger partial charge in [0.1, 0.15) is 6.54 Å². The molecular weight excluding hydrogens is 290 g/mol. The van der Waals surface area contributed by atoms with E-state index in [1.54, 1.807) is 6.33 Å². The van der Waals surface area contributed by atoms with Crippen LogP contribution in [-0.4, -0.2) is 43.6 Å². The summed E-state index contributed by atoms with van der Waals surface area (Å²) in [7, 11) is 0. The van der Waals surface area contributed by atoms with Crippen molar-refractivity contribution in [3.8, 4) is 0 Å². The number of benzene rings is 1. The molecule has 1 amide bonds. The van der Waals surface area contributed by atoms with Crippen molar-refractivity contribution >= 4 is 16.9 Å². The zero-order chi connectivity index (χ0) is 15.8. The molecule has 6 nitrogen and oxygen atoms in total. The Morgan fingerprint density at radius 3 is 3.09 bits per heavy atom. The smallest absolute Gasteiger partial charge is 0.242 e. The number of likely N-dealkylation sites (tertiary alicyclic amines) is 1. The van der Waals surface area contributed by atoms with Gasteiger partial charge in [-0.1, -0.05) is 12.1 Å². The Bertz CT molecular complexity index is 849. The fourth-order valence-electron chi connectivity index (χ4n) is 3.37. The summed E-state index contributed by atoms with van der Waals surface area (Å²) in [6.45, 7) is 3.96. The Hall–Kier alpha value is -2.63. The molecule has 0 saturated carbocycles. The van der Waals surface area contributed by atoms with E-state index >= 15 is 0 Å². The molecule has 1 N–H and O–H groups in total. The average Bonchev–Trinajstić information content (AvgIpc) is 3.27. The molecule has 1 aliphatic rings. The number of imidazole rings is 1. The lowest BCUT2D eigenvalue weighted by atomic mass is 10.0. The Labute approximate surface area is 134 Å². The molecule has 6 heteroatoms. The Kier molecular flexibility index (Phi) is 3.37. The van der Waals surface area contributed by atoms with Crippen molar-refractivity contribution in [2.75, 3.05) is 13.1 Å². The largest absolute Gasteiger partial charge is 0.340 e. The molecule has 3 aromatic rings. The third-order valence-electron chi connectivity index (χ3n) is 4.65. The lowest BCUT2D eigenvalue weighted by Crippen LogP contribution is -2.31. The first kappa shape index (κ1) is 14.0. The van der Waals surface area contributed by atoms with Gasteiger partial charge in [-0.05, 0) is 31.0 Å². The van der Waals surface area contributed by atoms with Crippen molar-refractivity contribution in [1.29, 1.82) is 0 Å². The Morgan fingerprint density at radius 1 is 1.39 bits per heavy atom. The average molecular weight is 309 g/mol. The number of hydrogen-bond donors (Lipinski definition) is 1. The minimum atomic E-state index is 0.146. The van der Waals surface area contributed by atoms with E-state index in [4.69, 9.17) is 0 Å². The van der Waals surface area contributed by atoms with Gasteiger partial charge < -0.3 is 9.47 Å². The van der Waals surface area contributed by atoms with Gasteiger partial charge in [0.2, 0.25) is 5.91 Å². The van der Waals surface area contributed by atoms with Crippen LogP contribution in [0, 0.1) is 6.92 Å². The quantitative estimate of drug-likeness (QED) is 0.805. The highest BCUT2D eigenvalue weighted by Crippen LogP contribution is 2.28. The number of carbonyl (C=O) groups is 1. The molecular formula is C17H19N5O. The third-order valence-corrected chi connectivity index (χ3v) is 4.65. The molecule has 1 atom stereocenters. The van der Waals surface area contributed by atoms with E-state index in [1.807, 2.05) is 39.9 Å². The summed E-state index contributed by atoms with van der Waals surface area (Å²) < 4.78 is 1.92. The van der Waals surface area contributed by atoms with Crippen LogP contribution in [0.5, 0.6) is 0 Å². The minimum Gasteiger partial charge on any atom is -0.340 e. The second kappa shape index (κ2) is 5.53. The summed E-state index contributed by atoms with van der Waals surface area (Å²) in [4.78, 5) is 18.9. The highest BCUT2D eigenvalue weighted by molar-refractivity contribution is 5.80. The molecule has 0 spiro atoms. The molecule has 23 heavy (non-hydrogen) atoms. The minimum absolute atomic E-state index is 0.146. The van der Waals surface area contributed by atoms with Crippen molar-refractivity contribution in [3.63, 3.8) is 0 Å². The molecule has 1 fully saturated rings. The molecule has 0 radical (unpaired) electrons. The van der Waals surface area contributed by atoms with Gasteiger partial charge in [0.05, 0.1) is 23.6 Å². The van der Waals surface area contributed by atoms with E-state index in [0.29, 0.717) is 12.5 Å². The zero-order valence-corrected chi connectivity index (χ0v) is 13.1. The van der Waals surface area contributed by atoms with E-state index in [2.05, 4.69) is 22.1 Å². The van der Waals surface area contributed by atoms with Crippen LogP contribution < -0.4 is 0 Å². The maximum Gasteiger partial charge on any atom is 0.242 e. The van der Waals surface area contributed by atoms with Gasteiger partial charge in [0.25, 0.3) is 0 Å². The van der Waals surface area contributed by atoms with Gasteiger partial charge in [0.15, 0.2) is 0 Å². The lowest BCUT2D eigenvalue weighted by Gasteiger charge is -2.17. The monoisotopic (exact) mass is 309 g/mol. The van der Waals surface area contributed by atoms with Crippen LogP contribution in [0.4, 0.5) is 0 Å². The van der Waals surface area contributed by atoms with E-state index in [0.717, 1.165) is 36.2 Å². The number of hydrogen-bond acceptors (Lipinski definition) is 3. The number of aromatic amines is 1. The predicted molar refractivity (Wildman–Crippen MR) is 87.0 cm³/mol. The molecule has 1 aromatic carbocycles. The third kappa shape index (κ3) is 2.50. The maximum absolute atomic E-state index is 12.6. The van der Waals surface area contributed by atoms with Crippen LogP contribution in [0.25, 0.3) is 11.0 Å². The van der Waals surface area contributed by atoms with Crippen molar-refractivity contribution in [2.45, 2.75) is 25.8 Å². The Balaban J connectivity index is 1.47. The van der Waals surface area contributed by atoms with Gasteiger partial charge >= 0.3 is 0 Å². The van der Waals surface area contributed by atoms with E-state index in [9.17, 15) is 4.79 Å². The Morgan fingerprint density at radius 2 is 2.26 bits per heavy atom. The van der Waals surface area contributed by atoms with Crippen LogP contribution in [0.2, 0.25) is 0 Å². The number of para-hydroxylation sites is 2. The highest BCUT2D eigenvalue weighted by Gasteiger charge is 2.29. The summed E-state index contributed by atoms with van der Waals surface area (Å²) in [6.07, 6.45) is 4.58. The van der Waals surface area contributed by atoms with Crippen LogP contribution in [0.15, 0.2) is 36.8 Å². The number of rotatable bonds is 3. The van der Waals surface area contributed by atoms with E-state index in [-0.39, 0.29) is 5.91 Å². The number of nitrogens with one attached hydrogen (secondary N) is 1. The highest BCUT2D eigenvalue weighted by atomic mass is 16.2. The summed E-state index contributed by atoms with van der Waals surface area (Å²) >= 11 is 0. The fraction of sp³-hybridized carbons (Fsp3) is 0.353. The van der Waals surface area contributed by atoms with Crippen molar-refractivity contribution < 1.29 is 4.79 Å². The van der Waals surface area contributed by atoms with Crippen molar-refractivity contribution in [2.24, 2.45) is 0 Å². The summed E-state index contributed by atoms with van der Waals surface area (Å²) in [5.41, 5.74) is 4.26. The van der Waals surface area contributed by atoms with Crippen LogP contribution in [0.1, 0.15) is 23.6 Å². The van der Waals surface area contributed by atoms with Gasteiger partial charge in [-0.25, -0.2) is 4.98 Å². The maximum atomic E-state index is 12.6. The SMILES string of the molecule is Cc1cn[nH]c1[C@@H]1CCN(C(=O)Cn2cnc3ccccc32)C1. The second-order valence-corrected chi connectivity index (χ2v) is 6.15. The summed E-state index contributed by atoms with van der Waals surface area (Å²) in [5.74, 6) is 0.508. The molecule has 0 aliphatic carbocycles. The molecule has 0 bridgehead atoms. The molecule has 1 saturated heterocycles. The first-order valence-electron chi connectivity index (χ1n) is 7.90. The summed E-state index contributed by atoms with van der Waals surface area (Å²) in [5, 5.41) is 7.16. The normalized spacial score (nSPS) is 18.0. The number of fused-ring (bicyclic) bond motifs is 1. The van der Waals surface area contributed by atoms with Crippen molar-refractivity contribution in [3.05, 3.63) is 48.0 Å². The number of amides is 1. The van der Waals surface area contributed by atoms with Crippen molar-refractivity contribution in [1.82, 2.24) is 24.6 Å². The predicted octanol–water partition coefficient (Wildman–Crippen LogP) is 2.08. The lowest BCUT2D eigenvalue weighted by molar-refractivity contribution is -0.130. The molecule has 2 aromatic heterocycles. The standard InChI is InChI=1S/C17H19N5O/c1-12-8-19-20-17(12)13-6-7-21(9-13)16(23)10-22-11-18-14-4-2-3-5-15(14)22/h2-5,8,11,13H,6-7,9-10H2,1H3,(H,19,20)/t13-/m1/s1. The molecule has 1 aliphatic heterocycles. The van der Waals surface area contributed by atoms with E-state index < -0.39 is 0 Å². The number of H-pyrrole nitrogens is 1. The number of aromatic nitrogens is 4. The molecule has 0 unspecified atom stereocenters. The molecule has 4 rings (SSSR count). The zero-order valence-electron chi connectivity index (χ0n) is 13.1. The number of nitrogens with zero attached hydrogens (tertiary/aromatic N) is 4. The van der Waals surface area contributed by atoms with Gasteiger partial charge in [-0.2, -0.15) is 5.10 Å². The van der Waals surface area contributed by atoms with Crippen LogP contribution >= 0.6 is 0 Å². The second-order valence-electron chi connectivity index (χ2n) is 6.15. The topological polar surface area (TPSA) is 66.8 Å². The van der Waals surface area contributed by atoms with Crippen LogP contribution in [-0.2, 0) is 11.3 Å². The number of carbonyl (C=O) groups excluding carboxylic acids is 1. The number of aryl methyl sites for hydroxylation is 1. The van der Waals surface area contributed by atoms with E-state index in [1.165, 1.54) is 5.56 Å². The summed E-state index contributed by atoms with van der Waals surface area (Å²) in [6, 6.07) is 7.89. The van der Waals surface area contributed by atoms with Crippen LogP contribution in [0.3, 0.4) is 0 Å². The molecule has 3 heterocycles. The fourth-order valence-corrected chi connectivity index (χ4v) is 3.37. The first-order chi connectivity index (χ1) is 11.2.